The molecule has 0 aliphatic heterocycles. The van der Waals surface area contributed by atoms with E-state index in [9.17, 15) is 18.0 Å². The summed E-state index contributed by atoms with van der Waals surface area (Å²) < 4.78 is 32.5. The Labute approximate surface area is 94.4 Å². The minimum Gasteiger partial charge on any atom is -0.469 e. The van der Waals surface area contributed by atoms with Gasteiger partial charge in [-0.3, -0.25) is 9.59 Å². The van der Waals surface area contributed by atoms with Crippen molar-refractivity contribution in [1.82, 2.24) is 4.31 Å². The number of methoxy groups -OCH3 is 2. The third-order valence-electron chi connectivity index (χ3n) is 1.85. The topological polar surface area (TPSA) is 90.0 Å². The number of esters is 2. The van der Waals surface area contributed by atoms with Crippen LogP contribution >= 0.6 is 0 Å². The van der Waals surface area contributed by atoms with Gasteiger partial charge >= 0.3 is 11.9 Å². The molecule has 0 aromatic rings. The van der Waals surface area contributed by atoms with Crippen LogP contribution in [0.15, 0.2) is 0 Å². The molecule has 0 fully saturated rings. The first-order valence-electron chi connectivity index (χ1n) is 4.41. The van der Waals surface area contributed by atoms with Crippen LogP contribution in [0.25, 0.3) is 0 Å². The fourth-order valence-electron chi connectivity index (χ4n) is 0.815. The van der Waals surface area contributed by atoms with Crippen LogP contribution in [0.5, 0.6) is 0 Å². The largest absolute Gasteiger partial charge is 0.469 e. The summed E-state index contributed by atoms with van der Waals surface area (Å²) in [4.78, 5) is 21.6. The summed E-state index contributed by atoms with van der Waals surface area (Å²) >= 11 is 0. The van der Waals surface area contributed by atoms with Crippen molar-refractivity contribution in [2.24, 2.45) is 0 Å². The van der Waals surface area contributed by atoms with Gasteiger partial charge in [-0.1, -0.05) is 0 Å². The highest BCUT2D eigenvalue weighted by atomic mass is 32.2. The zero-order valence-electron chi connectivity index (χ0n) is 9.43. The number of hydrogen-bond donors (Lipinski definition) is 0. The molecular formula is C8H15NO6S. The third-order valence-corrected chi connectivity index (χ3v) is 3.64. The lowest BCUT2D eigenvalue weighted by Gasteiger charge is -2.14. The zero-order chi connectivity index (χ0) is 12.8. The van der Waals surface area contributed by atoms with Crippen LogP contribution in [0.2, 0.25) is 0 Å². The molecule has 0 saturated heterocycles. The lowest BCUT2D eigenvalue weighted by molar-refractivity contribution is -0.141. The van der Waals surface area contributed by atoms with Gasteiger partial charge in [-0.05, 0) is 0 Å². The molecule has 0 heterocycles. The summed E-state index contributed by atoms with van der Waals surface area (Å²) in [5.74, 6) is -1.67. The Balaban J connectivity index is 4.32. The third kappa shape index (κ3) is 5.08. The van der Waals surface area contributed by atoms with E-state index in [4.69, 9.17) is 0 Å². The molecule has 0 aromatic carbocycles. The summed E-state index contributed by atoms with van der Waals surface area (Å²) in [5, 5.41) is 0. The highest BCUT2D eigenvalue weighted by Crippen LogP contribution is 2.01. The lowest BCUT2D eigenvalue weighted by atomic mass is 10.5. The molecule has 0 saturated carbocycles. The number of likely N-dealkylation sites (N-methyl/N-ethyl adjacent to an activating group) is 1. The minimum absolute atomic E-state index is 0.246. The second-order valence-electron chi connectivity index (χ2n) is 2.97. The van der Waals surface area contributed by atoms with Crippen molar-refractivity contribution in [2.45, 2.75) is 6.42 Å². The molecule has 16 heavy (non-hydrogen) atoms. The molecule has 0 aliphatic rings. The van der Waals surface area contributed by atoms with Gasteiger partial charge in [-0.15, -0.1) is 0 Å². The predicted octanol–water partition coefficient (Wildman–Crippen LogP) is -1.02. The van der Waals surface area contributed by atoms with Gasteiger partial charge in [0.25, 0.3) is 0 Å². The fraction of sp³-hybridized carbons (Fsp3) is 0.750. The van der Waals surface area contributed by atoms with Crippen LogP contribution in [0.3, 0.4) is 0 Å². The number of carbonyl (C=O) groups excluding carboxylic acids is 2. The summed E-state index contributed by atoms with van der Waals surface area (Å²) in [5.41, 5.74) is 0. The number of rotatable bonds is 6. The van der Waals surface area contributed by atoms with Gasteiger partial charge in [0.2, 0.25) is 10.0 Å². The van der Waals surface area contributed by atoms with Crippen molar-refractivity contribution in [3.8, 4) is 0 Å². The summed E-state index contributed by atoms with van der Waals surface area (Å²) in [6.07, 6.45) is -0.246. The molecule has 0 N–H and O–H groups in total. The number of hydrogen-bond acceptors (Lipinski definition) is 6. The van der Waals surface area contributed by atoms with Crippen LogP contribution < -0.4 is 0 Å². The Hall–Kier alpha value is -1.15. The van der Waals surface area contributed by atoms with E-state index in [0.717, 1.165) is 11.4 Å². The van der Waals surface area contributed by atoms with Crippen LogP contribution in [0.1, 0.15) is 6.42 Å². The van der Waals surface area contributed by atoms with E-state index in [1.807, 2.05) is 0 Å². The van der Waals surface area contributed by atoms with Gasteiger partial charge in [0.05, 0.1) is 26.4 Å². The Kier molecular flexibility index (Phi) is 5.97. The molecule has 7 nitrogen and oxygen atoms in total. The molecule has 0 rings (SSSR count). The number of carbonyl (C=O) groups is 2. The van der Waals surface area contributed by atoms with Crippen LogP contribution in [0, 0.1) is 0 Å². The summed E-state index contributed by atoms with van der Waals surface area (Å²) in [6.45, 7) is -0.375. The SMILES string of the molecule is COC(=O)CCS(=O)(=O)N(C)CC(=O)OC. The fourth-order valence-corrected chi connectivity index (χ4v) is 1.85. The first-order chi connectivity index (χ1) is 7.33. The van der Waals surface area contributed by atoms with E-state index in [1.165, 1.54) is 14.2 Å². The molecule has 94 valence electrons. The van der Waals surface area contributed by atoms with Crippen molar-refractivity contribution in [1.29, 1.82) is 0 Å². The van der Waals surface area contributed by atoms with Crippen LogP contribution in [0.4, 0.5) is 0 Å². The van der Waals surface area contributed by atoms with Gasteiger partial charge in [0.15, 0.2) is 0 Å². The maximum absolute atomic E-state index is 11.5. The van der Waals surface area contributed by atoms with Gasteiger partial charge < -0.3 is 9.47 Å². The quantitative estimate of drug-likeness (QED) is 0.563. The van der Waals surface area contributed by atoms with Crippen molar-refractivity contribution in [3.63, 3.8) is 0 Å². The van der Waals surface area contributed by atoms with Crippen molar-refractivity contribution in [3.05, 3.63) is 0 Å². The summed E-state index contributed by atoms with van der Waals surface area (Å²) in [6, 6.07) is 0. The monoisotopic (exact) mass is 253 g/mol. The standard InChI is InChI=1S/C8H15NO6S/c1-9(6-8(11)15-3)16(12,13)5-4-7(10)14-2/h4-6H2,1-3H3. The van der Waals surface area contributed by atoms with E-state index in [-0.39, 0.29) is 13.0 Å². The van der Waals surface area contributed by atoms with Gasteiger partial charge in [0, 0.05) is 7.05 Å². The first-order valence-corrected chi connectivity index (χ1v) is 6.02. The average Bonchev–Trinajstić information content (AvgIpc) is 2.25. The van der Waals surface area contributed by atoms with Crippen LogP contribution in [-0.2, 0) is 29.1 Å². The maximum Gasteiger partial charge on any atom is 0.320 e. The van der Waals surface area contributed by atoms with Crippen molar-refractivity contribution < 1.29 is 27.5 Å². The second kappa shape index (κ2) is 6.44. The van der Waals surface area contributed by atoms with E-state index < -0.39 is 27.7 Å². The van der Waals surface area contributed by atoms with E-state index in [1.54, 1.807) is 0 Å². The van der Waals surface area contributed by atoms with Crippen molar-refractivity contribution >= 4 is 22.0 Å². The molecule has 8 heteroatoms. The minimum atomic E-state index is -3.64. The highest BCUT2D eigenvalue weighted by Gasteiger charge is 2.21. The second-order valence-corrected chi connectivity index (χ2v) is 5.17. The van der Waals surface area contributed by atoms with E-state index in [2.05, 4.69) is 9.47 Å². The molecule has 0 aromatic heterocycles. The molecule has 0 atom stereocenters. The molecule has 0 bridgehead atoms. The lowest BCUT2D eigenvalue weighted by Crippen LogP contribution is -2.35. The molecule has 0 spiro atoms. The van der Waals surface area contributed by atoms with Gasteiger partial charge in [-0.2, -0.15) is 4.31 Å². The van der Waals surface area contributed by atoms with Gasteiger partial charge in [0.1, 0.15) is 6.54 Å². The number of nitrogens with zero attached hydrogens (tertiary/aromatic N) is 1. The van der Waals surface area contributed by atoms with Crippen molar-refractivity contribution in [2.75, 3.05) is 33.6 Å². The normalized spacial score (nSPS) is 11.2. The van der Waals surface area contributed by atoms with E-state index in [0.29, 0.717) is 0 Å². The molecular weight excluding hydrogens is 238 g/mol. The molecule has 0 radical (unpaired) electrons. The summed E-state index contributed by atoms with van der Waals surface area (Å²) in [7, 11) is -0.0617. The zero-order valence-corrected chi connectivity index (χ0v) is 10.2. The number of sulfonamides is 1. The molecule has 0 aliphatic carbocycles. The van der Waals surface area contributed by atoms with E-state index >= 15 is 0 Å². The van der Waals surface area contributed by atoms with Gasteiger partial charge in [-0.25, -0.2) is 8.42 Å². The number of ether oxygens (including phenoxy) is 2. The first kappa shape index (κ1) is 14.8. The maximum atomic E-state index is 11.5. The molecule has 0 amide bonds. The predicted molar refractivity (Wildman–Crippen MR) is 55.1 cm³/mol. The molecule has 0 unspecified atom stereocenters. The smallest absolute Gasteiger partial charge is 0.320 e. The average molecular weight is 253 g/mol. The Morgan fingerprint density at radius 2 is 1.62 bits per heavy atom. The highest BCUT2D eigenvalue weighted by molar-refractivity contribution is 7.89. The Bertz CT molecular complexity index is 350. The Morgan fingerprint density at radius 1 is 1.12 bits per heavy atom. The Morgan fingerprint density at radius 3 is 2.06 bits per heavy atom. The van der Waals surface area contributed by atoms with Crippen LogP contribution in [-0.4, -0.2) is 58.2 Å².